The Morgan fingerprint density at radius 2 is 1.92 bits per heavy atom. The lowest BCUT2D eigenvalue weighted by atomic mass is 10.0. The lowest BCUT2D eigenvalue weighted by molar-refractivity contribution is -0.139. The molecule has 1 N–H and O–H groups in total. The van der Waals surface area contributed by atoms with Gasteiger partial charge in [-0.25, -0.2) is 4.79 Å². The molecule has 0 aliphatic rings. The predicted molar refractivity (Wildman–Crippen MR) is 92.5 cm³/mol. The number of rotatable bonds is 8. The van der Waals surface area contributed by atoms with Gasteiger partial charge in [-0.05, 0) is 52.3 Å². The van der Waals surface area contributed by atoms with Crippen LogP contribution in [0.1, 0.15) is 51.4 Å². The molecule has 0 bridgehead atoms. The van der Waals surface area contributed by atoms with Gasteiger partial charge in [-0.3, -0.25) is 4.79 Å². The number of carbonyl (C=O) groups is 2. The largest absolute Gasteiger partial charge is 0.490 e. The Kier molecular flexibility index (Phi) is 7.22. The molecule has 0 heterocycles. The van der Waals surface area contributed by atoms with Crippen LogP contribution in [0.2, 0.25) is 0 Å². The van der Waals surface area contributed by atoms with Crippen LogP contribution in [-0.4, -0.2) is 37.3 Å². The number of benzene rings is 1. The number of hydrogen-bond donors (Lipinski definition) is 1. The van der Waals surface area contributed by atoms with Crippen LogP contribution in [0.3, 0.4) is 0 Å². The highest BCUT2D eigenvalue weighted by molar-refractivity contribution is 5.99. The third-order valence-electron chi connectivity index (χ3n) is 3.62. The van der Waals surface area contributed by atoms with Gasteiger partial charge < -0.3 is 19.5 Å². The van der Waals surface area contributed by atoms with E-state index in [2.05, 4.69) is 5.32 Å². The topological polar surface area (TPSA) is 73.9 Å². The summed E-state index contributed by atoms with van der Waals surface area (Å²) in [7, 11) is 1.30. The first-order valence-electron chi connectivity index (χ1n) is 8.11. The highest BCUT2D eigenvalue weighted by atomic mass is 16.5. The number of amides is 1. The molecule has 1 atom stereocenters. The van der Waals surface area contributed by atoms with Gasteiger partial charge >= 0.3 is 5.97 Å². The van der Waals surface area contributed by atoms with Crippen LogP contribution < -0.4 is 10.1 Å². The minimum absolute atomic E-state index is 0.0878. The molecule has 0 saturated heterocycles. The molecule has 1 aromatic carbocycles. The standard InChI is InChI=1S/C18H27NO5/c1-7-18(5,23-8-2)17(21)19-13-9-10-15(24-12(3)4)14(11-13)16(20)22-6/h9-12H,7-8H2,1-6H3,(H,19,21). The lowest BCUT2D eigenvalue weighted by Gasteiger charge is -2.27. The maximum absolute atomic E-state index is 12.5. The minimum atomic E-state index is -0.923. The van der Waals surface area contributed by atoms with Crippen molar-refractivity contribution in [2.75, 3.05) is 19.0 Å². The van der Waals surface area contributed by atoms with Gasteiger partial charge in [0.2, 0.25) is 0 Å². The molecule has 6 heteroatoms. The average molecular weight is 337 g/mol. The molecular formula is C18H27NO5. The third kappa shape index (κ3) is 4.96. The summed E-state index contributed by atoms with van der Waals surface area (Å²) in [4.78, 5) is 24.5. The molecule has 1 aromatic rings. The summed E-state index contributed by atoms with van der Waals surface area (Å²) in [6.07, 6.45) is 0.445. The normalized spacial score (nSPS) is 13.3. The molecular weight excluding hydrogens is 310 g/mol. The van der Waals surface area contributed by atoms with Crippen LogP contribution in [0.4, 0.5) is 5.69 Å². The van der Waals surface area contributed by atoms with Gasteiger partial charge in [-0.2, -0.15) is 0 Å². The van der Waals surface area contributed by atoms with Gasteiger partial charge in [-0.15, -0.1) is 0 Å². The molecule has 1 rings (SSSR count). The molecule has 24 heavy (non-hydrogen) atoms. The van der Waals surface area contributed by atoms with Crippen molar-refractivity contribution >= 4 is 17.6 Å². The number of anilines is 1. The molecule has 0 aliphatic heterocycles. The lowest BCUT2D eigenvalue weighted by Crippen LogP contribution is -2.42. The molecule has 0 saturated carbocycles. The zero-order valence-corrected chi connectivity index (χ0v) is 15.3. The van der Waals surface area contributed by atoms with Crippen LogP contribution in [0.15, 0.2) is 18.2 Å². The zero-order chi connectivity index (χ0) is 18.3. The number of nitrogens with one attached hydrogen (secondary N) is 1. The van der Waals surface area contributed by atoms with Crippen molar-refractivity contribution < 1.29 is 23.8 Å². The second kappa shape index (κ2) is 8.68. The van der Waals surface area contributed by atoms with Gasteiger partial charge in [-0.1, -0.05) is 6.92 Å². The van der Waals surface area contributed by atoms with E-state index in [9.17, 15) is 9.59 Å². The van der Waals surface area contributed by atoms with E-state index < -0.39 is 11.6 Å². The van der Waals surface area contributed by atoms with Crippen LogP contribution >= 0.6 is 0 Å². The number of ether oxygens (including phenoxy) is 3. The quantitative estimate of drug-likeness (QED) is 0.736. The van der Waals surface area contributed by atoms with Crippen molar-refractivity contribution in [3.8, 4) is 5.75 Å². The number of carbonyl (C=O) groups excluding carboxylic acids is 2. The Balaban J connectivity index is 3.09. The molecule has 134 valence electrons. The van der Waals surface area contributed by atoms with E-state index in [1.165, 1.54) is 7.11 Å². The second-order valence-electron chi connectivity index (χ2n) is 5.84. The highest BCUT2D eigenvalue weighted by Crippen LogP contribution is 2.26. The Morgan fingerprint density at radius 1 is 1.25 bits per heavy atom. The van der Waals surface area contributed by atoms with Crippen molar-refractivity contribution in [1.82, 2.24) is 0 Å². The van der Waals surface area contributed by atoms with Crippen LogP contribution in [0.5, 0.6) is 5.75 Å². The maximum atomic E-state index is 12.5. The van der Waals surface area contributed by atoms with Crippen molar-refractivity contribution in [2.24, 2.45) is 0 Å². The summed E-state index contributed by atoms with van der Waals surface area (Å²) < 4.78 is 16.0. The van der Waals surface area contributed by atoms with E-state index >= 15 is 0 Å². The summed E-state index contributed by atoms with van der Waals surface area (Å²) in [5, 5.41) is 2.79. The fourth-order valence-corrected chi connectivity index (χ4v) is 2.14. The average Bonchev–Trinajstić information content (AvgIpc) is 2.55. The Hall–Kier alpha value is -2.08. The Labute approximate surface area is 143 Å². The summed E-state index contributed by atoms with van der Waals surface area (Å²) >= 11 is 0. The fraction of sp³-hybridized carbons (Fsp3) is 0.556. The third-order valence-corrected chi connectivity index (χ3v) is 3.62. The summed E-state index contributed by atoms with van der Waals surface area (Å²) in [5.41, 5.74) is -0.178. The molecule has 0 spiro atoms. The minimum Gasteiger partial charge on any atom is -0.490 e. The van der Waals surface area contributed by atoms with E-state index in [0.717, 1.165) is 0 Å². The van der Waals surface area contributed by atoms with E-state index in [1.807, 2.05) is 27.7 Å². The van der Waals surface area contributed by atoms with Crippen LogP contribution in [-0.2, 0) is 14.3 Å². The van der Waals surface area contributed by atoms with Crippen molar-refractivity contribution in [3.63, 3.8) is 0 Å². The number of methoxy groups -OCH3 is 1. The summed E-state index contributed by atoms with van der Waals surface area (Å²) in [5.74, 6) is -0.372. The van der Waals surface area contributed by atoms with Crippen molar-refractivity contribution in [2.45, 2.75) is 52.7 Å². The molecule has 0 radical (unpaired) electrons. The second-order valence-corrected chi connectivity index (χ2v) is 5.84. The van der Waals surface area contributed by atoms with Crippen molar-refractivity contribution in [3.05, 3.63) is 23.8 Å². The van der Waals surface area contributed by atoms with Gasteiger partial charge in [0.1, 0.15) is 16.9 Å². The zero-order valence-electron chi connectivity index (χ0n) is 15.3. The van der Waals surface area contributed by atoms with E-state index in [0.29, 0.717) is 24.5 Å². The van der Waals surface area contributed by atoms with Gasteiger partial charge in [0.25, 0.3) is 5.91 Å². The summed E-state index contributed by atoms with van der Waals surface area (Å²) in [6.45, 7) is 9.63. The molecule has 1 unspecified atom stereocenters. The van der Waals surface area contributed by atoms with Gasteiger partial charge in [0.15, 0.2) is 0 Å². The Bertz CT molecular complexity index is 585. The molecule has 0 aromatic heterocycles. The Morgan fingerprint density at radius 3 is 2.42 bits per heavy atom. The smallest absolute Gasteiger partial charge is 0.341 e. The number of hydrogen-bond acceptors (Lipinski definition) is 5. The predicted octanol–water partition coefficient (Wildman–Crippen LogP) is 3.40. The molecule has 1 amide bonds. The fourth-order valence-electron chi connectivity index (χ4n) is 2.14. The number of esters is 1. The van der Waals surface area contributed by atoms with E-state index in [1.54, 1.807) is 25.1 Å². The first-order chi connectivity index (χ1) is 11.3. The van der Waals surface area contributed by atoms with Crippen molar-refractivity contribution in [1.29, 1.82) is 0 Å². The molecule has 6 nitrogen and oxygen atoms in total. The highest BCUT2D eigenvalue weighted by Gasteiger charge is 2.32. The monoisotopic (exact) mass is 337 g/mol. The maximum Gasteiger partial charge on any atom is 0.341 e. The van der Waals surface area contributed by atoms with Crippen LogP contribution in [0.25, 0.3) is 0 Å². The van der Waals surface area contributed by atoms with Crippen LogP contribution in [0, 0.1) is 0 Å². The summed E-state index contributed by atoms with van der Waals surface area (Å²) in [6, 6.07) is 4.87. The SMILES string of the molecule is CCOC(C)(CC)C(=O)Nc1ccc(OC(C)C)c(C(=O)OC)c1. The first kappa shape index (κ1) is 20.0. The molecule has 0 aliphatic carbocycles. The van der Waals surface area contributed by atoms with E-state index in [-0.39, 0.29) is 17.6 Å². The molecule has 0 fully saturated rings. The first-order valence-corrected chi connectivity index (χ1v) is 8.11. The van der Waals surface area contributed by atoms with E-state index in [4.69, 9.17) is 14.2 Å². The van der Waals surface area contributed by atoms with Gasteiger partial charge in [0, 0.05) is 12.3 Å². The van der Waals surface area contributed by atoms with Gasteiger partial charge in [0.05, 0.1) is 13.2 Å².